The summed E-state index contributed by atoms with van der Waals surface area (Å²) in [5.41, 5.74) is 11.6. The molecule has 2 heterocycles. The maximum atomic E-state index is 12.4. The van der Waals surface area contributed by atoms with Gasteiger partial charge in [0.2, 0.25) is 0 Å². The quantitative estimate of drug-likeness (QED) is 0.450. The van der Waals surface area contributed by atoms with E-state index in [9.17, 15) is 4.79 Å². The van der Waals surface area contributed by atoms with Crippen LogP contribution in [0.5, 0.6) is 0 Å². The van der Waals surface area contributed by atoms with Crippen LogP contribution in [-0.2, 0) is 6.42 Å². The summed E-state index contributed by atoms with van der Waals surface area (Å²) in [6.07, 6.45) is 7.48. The van der Waals surface area contributed by atoms with Crippen LogP contribution >= 0.6 is 0 Å². The largest absolute Gasteiger partial charge is 0.399 e. The SMILES string of the molecule is CC(Cc1cncc(-c2ccc(N)cc2)n1)c1cccc(NC(=O)c2cccnc2)c1. The molecule has 0 radical (unpaired) electrons. The number of rotatable bonds is 6. The van der Waals surface area contributed by atoms with Crippen molar-refractivity contribution in [2.75, 3.05) is 11.1 Å². The monoisotopic (exact) mass is 409 g/mol. The molecular formula is C25H23N5O. The van der Waals surface area contributed by atoms with Gasteiger partial charge in [-0.3, -0.25) is 14.8 Å². The van der Waals surface area contributed by atoms with Crippen molar-refractivity contribution in [3.8, 4) is 11.3 Å². The minimum absolute atomic E-state index is 0.181. The van der Waals surface area contributed by atoms with Gasteiger partial charge in [-0.15, -0.1) is 0 Å². The van der Waals surface area contributed by atoms with E-state index in [-0.39, 0.29) is 11.8 Å². The molecule has 0 aliphatic rings. The topological polar surface area (TPSA) is 93.8 Å². The second-order valence-corrected chi connectivity index (χ2v) is 7.44. The number of carbonyl (C=O) groups is 1. The molecule has 2 aromatic carbocycles. The van der Waals surface area contributed by atoms with Gasteiger partial charge >= 0.3 is 0 Å². The van der Waals surface area contributed by atoms with Crippen molar-refractivity contribution in [1.82, 2.24) is 15.0 Å². The summed E-state index contributed by atoms with van der Waals surface area (Å²) >= 11 is 0. The lowest BCUT2D eigenvalue weighted by molar-refractivity contribution is 0.102. The van der Waals surface area contributed by atoms with Gasteiger partial charge in [0.05, 0.1) is 23.1 Å². The molecule has 3 N–H and O–H groups in total. The molecule has 6 nitrogen and oxygen atoms in total. The Hall–Kier alpha value is -4.06. The number of nitrogens with zero attached hydrogens (tertiary/aromatic N) is 3. The van der Waals surface area contributed by atoms with Crippen molar-refractivity contribution >= 4 is 17.3 Å². The van der Waals surface area contributed by atoms with Crippen LogP contribution < -0.4 is 11.1 Å². The first-order chi connectivity index (χ1) is 15.1. The summed E-state index contributed by atoms with van der Waals surface area (Å²) in [6.45, 7) is 2.14. The van der Waals surface area contributed by atoms with Crippen molar-refractivity contribution in [2.45, 2.75) is 19.3 Å². The molecule has 31 heavy (non-hydrogen) atoms. The molecule has 6 heteroatoms. The Morgan fingerprint density at radius 1 is 1.00 bits per heavy atom. The predicted octanol–water partition coefficient (Wildman–Crippen LogP) is 4.72. The number of nitrogen functional groups attached to an aromatic ring is 1. The highest BCUT2D eigenvalue weighted by molar-refractivity contribution is 6.04. The van der Waals surface area contributed by atoms with E-state index in [4.69, 9.17) is 10.7 Å². The fourth-order valence-electron chi connectivity index (χ4n) is 3.35. The van der Waals surface area contributed by atoms with Crippen LogP contribution in [0.4, 0.5) is 11.4 Å². The predicted molar refractivity (Wildman–Crippen MR) is 123 cm³/mol. The van der Waals surface area contributed by atoms with Crippen molar-refractivity contribution in [3.63, 3.8) is 0 Å². The molecule has 154 valence electrons. The normalized spacial score (nSPS) is 11.6. The zero-order valence-electron chi connectivity index (χ0n) is 17.2. The minimum atomic E-state index is -0.181. The molecule has 0 bridgehead atoms. The fraction of sp³-hybridized carbons (Fsp3) is 0.120. The van der Waals surface area contributed by atoms with Crippen molar-refractivity contribution in [2.24, 2.45) is 0 Å². The Morgan fingerprint density at radius 3 is 2.61 bits per heavy atom. The van der Waals surface area contributed by atoms with E-state index >= 15 is 0 Å². The van der Waals surface area contributed by atoms with Gasteiger partial charge in [0.1, 0.15) is 0 Å². The molecule has 2 aromatic heterocycles. The number of hydrogen-bond donors (Lipinski definition) is 2. The van der Waals surface area contributed by atoms with Gasteiger partial charge in [-0.25, -0.2) is 4.98 Å². The molecular weight excluding hydrogens is 386 g/mol. The number of carbonyl (C=O) groups excluding carboxylic acids is 1. The first kappa shape index (κ1) is 20.2. The number of amides is 1. The summed E-state index contributed by atoms with van der Waals surface area (Å²) in [5.74, 6) is 0.0196. The molecule has 1 atom stereocenters. The maximum Gasteiger partial charge on any atom is 0.257 e. The second-order valence-electron chi connectivity index (χ2n) is 7.44. The van der Waals surface area contributed by atoms with Gasteiger partial charge in [-0.05, 0) is 54.3 Å². The Labute approximate surface area is 181 Å². The van der Waals surface area contributed by atoms with Crippen molar-refractivity contribution < 1.29 is 4.79 Å². The summed E-state index contributed by atoms with van der Waals surface area (Å²) in [6, 6.07) is 19.0. The standard InChI is InChI=1S/C25H23N5O/c1-17(12-23-15-28-16-24(29-23)18-7-9-21(26)10-8-18)19-4-2-6-22(13-19)30-25(31)20-5-3-11-27-14-20/h2-11,13-17H,12,26H2,1H3,(H,30,31). The molecule has 0 aliphatic carbocycles. The summed E-state index contributed by atoms with van der Waals surface area (Å²) < 4.78 is 0. The first-order valence-corrected chi connectivity index (χ1v) is 10.1. The number of anilines is 2. The summed E-state index contributed by atoms with van der Waals surface area (Å²) in [5, 5.41) is 2.94. The molecule has 4 aromatic rings. The Balaban J connectivity index is 1.47. The third-order valence-corrected chi connectivity index (χ3v) is 5.04. The van der Waals surface area contributed by atoms with Crippen LogP contribution in [0, 0.1) is 0 Å². The number of hydrogen-bond acceptors (Lipinski definition) is 5. The third-order valence-electron chi connectivity index (χ3n) is 5.04. The number of aromatic nitrogens is 3. The highest BCUT2D eigenvalue weighted by Crippen LogP contribution is 2.24. The van der Waals surface area contributed by atoms with Crippen LogP contribution in [0.25, 0.3) is 11.3 Å². The average Bonchev–Trinajstić information content (AvgIpc) is 2.80. The number of nitrogens with one attached hydrogen (secondary N) is 1. The van der Waals surface area contributed by atoms with Gasteiger partial charge in [-0.2, -0.15) is 0 Å². The van der Waals surface area contributed by atoms with Crippen molar-refractivity contribution in [3.05, 3.63) is 102 Å². The molecule has 4 rings (SSSR count). The van der Waals surface area contributed by atoms with E-state index in [0.717, 1.165) is 40.3 Å². The maximum absolute atomic E-state index is 12.4. The highest BCUT2D eigenvalue weighted by atomic mass is 16.1. The molecule has 0 saturated heterocycles. The summed E-state index contributed by atoms with van der Waals surface area (Å²) in [4.78, 5) is 25.5. The van der Waals surface area contributed by atoms with Gasteiger partial charge < -0.3 is 11.1 Å². The second kappa shape index (κ2) is 9.17. The summed E-state index contributed by atoms with van der Waals surface area (Å²) in [7, 11) is 0. The smallest absolute Gasteiger partial charge is 0.257 e. The lowest BCUT2D eigenvalue weighted by atomic mass is 9.96. The van der Waals surface area contributed by atoms with E-state index < -0.39 is 0 Å². The molecule has 0 aliphatic heterocycles. The Bertz CT molecular complexity index is 1180. The third kappa shape index (κ3) is 5.11. The molecule has 1 unspecified atom stereocenters. The fourth-order valence-corrected chi connectivity index (χ4v) is 3.35. The van der Waals surface area contributed by atoms with Crippen LogP contribution in [0.15, 0.2) is 85.5 Å². The number of nitrogens with two attached hydrogens (primary N) is 1. The van der Waals surface area contributed by atoms with Gasteiger partial charge in [0.25, 0.3) is 5.91 Å². The van der Waals surface area contributed by atoms with E-state index in [1.807, 2.05) is 42.5 Å². The minimum Gasteiger partial charge on any atom is -0.399 e. The van der Waals surface area contributed by atoms with Crippen LogP contribution in [-0.4, -0.2) is 20.9 Å². The Kier molecular flexibility index (Phi) is 5.98. The lowest BCUT2D eigenvalue weighted by Gasteiger charge is -2.14. The van der Waals surface area contributed by atoms with Crippen LogP contribution in [0.2, 0.25) is 0 Å². The van der Waals surface area contributed by atoms with Gasteiger partial charge in [0, 0.05) is 35.5 Å². The van der Waals surface area contributed by atoms with Gasteiger partial charge in [-0.1, -0.05) is 31.2 Å². The molecule has 0 fully saturated rings. The molecule has 0 saturated carbocycles. The van der Waals surface area contributed by atoms with Crippen molar-refractivity contribution in [1.29, 1.82) is 0 Å². The molecule has 0 spiro atoms. The Morgan fingerprint density at radius 2 is 1.84 bits per heavy atom. The number of pyridine rings is 1. The van der Waals surface area contributed by atoms with E-state index in [1.165, 1.54) is 0 Å². The first-order valence-electron chi connectivity index (χ1n) is 10.1. The van der Waals surface area contributed by atoms with E-state index in [0.29, 0.717) is 5.56 Å². The van der Waals surface area contributed by atoms with E-state index in [1.54, 1.807) is 36.9 Å². The highest BCUT2D eigenvalue weighted by Gasteiger charge is 2.12. The van der Waals surface area contributed by atoms with Crippen LogP contribution in [0.1, 0.15) is 34.5 Å². The lowest BCUT2D eigenvalue weighted by Crippen LogP contribution is -2.12. The van der Waals surface area contributed by atoms with E-state index in [2.05, 4.69) is 28.3 Å². The van der Waals surface area contributed by atoms with Crippen LogP contribution in [0.3, 0.4) is 0 Å². The zero-order chi connectivity index (χ0) is 21.6. The van der Waals surface area contributed by atoms with Gasteiger partial charge in [0.15, 0.2) is 0 Å². The zero-order valence-corrected chi connectivity index (χ0v) is 17.2. The number of benzene rings is 2. The molecule has 1 amide bonds. The average molecular weight is 409 g/mol.